The number of para-hydroxylation sites is 1. The first-order chi connectivity index (χ1) is 12.7. The lowest BCUT2D eigenvalue weighted by molar-refractivity contribution is 0.0831. The van der Waals surface area contributed by atoms with Crippen LogP contribution in [0.25, 0.3) is 11.0 Å². The number of primary sulfonamides is 1. The minimum Gasteiger partial charge on any atom is -0.451 e. The van der Waals surface area contributed by atoms with E-state index in [0.717, 1.165) is 11.5 Å². The quantitative estimate of drug-likeness (QED) is 0.572. The first-order valence-electron chi connectivity index (χ1n) is 7.59. The smallest absolute Gasteiger partial charge is 0.305 e. The van der Waals surface area contributed by atoms with Gasteiger partial charge in [-0.2, -0.15) is 0 Å². The van der Waals surface area contributed by atoms with Crippen LogP contribution in [0.4, 0.5) is 0 Å². The van der Waals surface area contributed by atoms with Crippen LogP contribution in [0.1, 0.15) is 26.5 Å². The minimum atomic E-state index is -4.01. The summed E-state index contributed by atoms with van der Waals surface area (Å²) in [6, 6.07) is 10.5. The molecule has 0 saturated carbocycles. The van der Waals surface area contributed by atoms with Crippen molar-refractivity contribution < 1.29 is 22.4 Å². The Balaban J connectivity index is 1.79. The number of rotatable bonds is 3. The molecule has 0 aliphatic rings. The van der Waals surface area contributed by atoms with E-state index in [1.807, 2.05) is 12.1 Å². The first-order valence-corrected chi connectivity index (χ1v) is 9.52. The van der Waals surface area contributed by atoms with Gasteiger partial charge in [-0.05, 0) is 31.2 Å². The number of hydrogen-bond acceptors (Lipinski definition) is 5. The number of fused-ring (bicyclic) bond motifs is 1. The van der Waals surface area contributed by atoms with E-state index in [4.69, 9.17) is 21.2 Å². The molecule has 0 atom stereocenters. The molecule has 27 heavy (non-hydrogen) atoms. The standard InChI is InChI=1S/C17H14ClN3O5S/c1-9-11-4-2-3-5-14(11)26-15(9)17(23)21-20-16(22)12-8-10(27(19,24)25)6-7-13(12)18/h2-8H,1H3,(H,20,22)(H,21,23)(H2,19,24,25). The summed E-state index contributed by atoms with van der Waals surface area (Å²) < 4.78 is 28.3. The van der Waals surface area contributed by atoms with Crippen LogP contribution < -0.4 is 16.0 Å². The van der Waals surface area contributed by atoms with Crippen molar-refractivity contribution in [2.24, 2.45) is 5.14 Å². The second kappa shape index (κ2) is 7.03. The molecule has 3 aromatic rings. The Morgan fingerprint density at radius 2 is 1.74 bits per heavy atom. The lowest BCUT2D eigenvalue weighted by atomic mass is 10.1. The number of sulfonamides is 1. The van der Waals surface area contributed by atoms with Crippen LogP contribution in [0.2, 0.25) is 5.02 Å². The predicted molar refractivity (Wildman–Crippen MR) is 98.7 cm³/mol. The van der Waals surface area contributed by atoms with Crippen LogP contribution >= 0.6 is 11.6 Å². The van der Waals surface area contributed by atoms with Crippen molar-refractivity contribution >= 4 is 44.4 Å². The molecule has 0 aliphatic carbocycles. The highest BCUT2D eigenvalue weighted by atomic mass is 35.5. The second-order valence-corrected chi connectivity index (χ2v) is 7.62. The van der Waals surface area contributed by atoms with E-state index in [0.29, 0.717) is 11.1 Å². The van der Waals surface area contributed by atoms with Crippen molar-refractivity contribution in [3.63, 3.8) is 0 Å². The zero-order valence-corrected chi connectivity index (χ0v) is 15.5. The van der Waals surface area contributed by atoms with Gasteiger partial charge < -0.3 is 4.42 Å². The van der Waals surface area contributed by atoms with Crippen molar-refractivity contribution in [3.8, 4) is 0 Å². The molecule has 0 aliphatic heterocycles. The molecule has 0 saturated heterocycles. The van der Waals surface area contributed by atoms with Crippen LogP contribution in [0.15, 0.2) is 51.8 Å². The molecule has 0 bridgehead atoms. The Kier molecular flexibility index (Phi) is 4.92. The number of nitrogens with one attached hydrogen (secondary N) is 2. The van der Waals surface area contributed by atoms with Gasteiger partial charge in [-0.3, -0.25) is 20.4 Å². The zero-order chi connectivity index (χ0) is 19.8. The van der Waals surface area contributed by atoms with E-state index in [-0.39, 0.29) is 21.2 Å². The fourth-order valence-corrected chi connectivity index (χ4v) is 3.23. The van der Waals surface area contributed by atoms with Gasteiger partial charge >= 0.3 is 5.91 Å². The van der Waals surface area contributed by atoms with Gasteiger partial charge in [0.05, 0.1) is 15.5 Å². The van der Waals surface area contributed by atoms with Gasteiger partial charge in [-0.1, -0.05) is 29.8 Å². The van der Waals surface area contributed by atoms with E-state index in [2.05, 4.69) is 10.9 Å². The number of amides is 2. The lowest BCUT2D eigenvalue weighted by Gasteiger charge is -2.09. The van der Waals surface area contributed by atoms with Gasteiger partial charge in [-0.15, -0.1) is 0 Å². The Morgan fingerprint density at radius 3 is 2.41 bits per heavy atom. The molecule has 8 nitrogen and oxygen atoms in total. The lowest BCUT2D eigenvalue weighted by Crippen LogP contribution is -2.41. The normalized spacial score (nSPS) is 11.4. The SMILES string of the molecule is Cc1c(C(=O)NNC(=O)c2cc(S(N)(=O)=O)ccc2Cl)oc2ccccc12. The molecule has 4 N–H and O–H groups in total. The van der Waals surface area contributed by atoms with Crippen LogP contribution in [0.5, 0.6) is 0 Å². The summed E-state index contributed by atoms with van der Waals surface area (Å²) in [7, 11) is -4.01. The Labute approximate surface area is 159 Å². The summed E-state index contributed by atoms with van der Waals surface area (Å²) >= 11 is 5.92. The third kappa shape index (κ3) is 3.80. The average molecular weight is 408 g/mol. The number of aryl methyl sites for hydroxylation is 1. The summed E-state index contributed by atoms with van der Waals surface area (Å²) in [6.45, 7) is 1.72. The second-order valence-electron chi connectivity index (χ2n) is 5.65. The number of halogens is 1. The van der Waals surface area contributed by atoms with Gasteiger partial charge in [0.25, 0.3) is 5.91 Å². The summed E-state index contributed by atoms with van der Waals surface area (Å²) in [5, 5.41) is 5.81. The number of furan rings is 1. The number of hydrazine groups is 1. The number of carbonyl (C=O) groups is 2. The monoisotopic (exact) mass is 407 g/mol. The number of carbonyl (C=O) groups excluding carboxylic acids is 2. The van der Waals surface area contributed by atoms with Crippen LogP contribution in [0.3, 0.4) is 0 Å². The molecule has 140 valence electrons. The van der Waals surface area contributed by atoms with Crippen LogP contribution in [-0.4, -0.2) is 20.2 Å². The maximum absolute atomic E-state index is 12.3. The maximum Gasteiger partial charge on any atom is 0.305 e. The van der Waals surface area contributed by atoms with Crippen molar-refractivity contribution in [2.75, 3.05) is 0 Å². The maximum atomic E-state index is 12.3. The molecule has 0 fully saturated rings. The van der Waals surface area contributed by atoms with Gasteiger partial charge in [0.1, 0.15) is 5.58 Å². The van der Waals surface area contributed by atoms with E-state index < -0.39 is 21.8 Å². The molecule has 0 radical (unpaired) electrons. The number of benzene rings is 2. The van der Waals surface area contributed by atoms with Gasteiger partial charge in [0.2, 0.25) is 10.0 Å². The van der Waals surface area contributed by atoms with E-state index in [9.17, 15) is 18.0 Å². The van der Waals surface area contributed by atoms with Crippen molar-refractivity contribution in [2.45, 2.75) is 11.8 Å². The molecule has 2 aromatic carbocycles. The Hall–Kier alpha value is -2.88. The molecule has 0 spiro atoms. The van der Waals surface area contributed by atoms with E-state index >= 15 is 0 Å². The zero-order valence-electron chi connectivity index (χ0n) is 13.9. The Morgan fingerprint density at radius 1 is 1.07 bits per heavy atom. The number of nitrogens with two attached hydrogens (primary N) is 1. The third-order valence-corrected chi connectivity index (χ3v) is 5.09. The van der Waals surface area contributed by atoms with Crippen molar-refractivity contribution in [1.82, 2.24) is 10.9 Å². The van der Waals surface area contributed by atoms with E-state index in [1.54, 1.807) is 19.1 Å². The topological polar surface area (TPSA) is 132 Å². The molecular weight excluding hydrogens is 394 g/mol. The van der Waals surface area contributed by atoms with Gasteiger partial charge in [0.15, 0.2) is 5.76 Å². The summed E-state index contributed by atoms with van der Waals surface area (Å²) in [4.78, 5) is 24.3. The van der Waals surface area contributed by atoms with Crippen LogP contribution in [0, 0.1) is 6.92 Å². The average Bonchev–Trinajstić information content (AvgIpc) is 2.96. The molecular formula is C17H14ClN3O5S. The van der Waals surface area contributed by atoms with Crippen molar-refractivity contribution in [1.29, 1.82) is 0 Å². The first kappa shape index (κ1) is 18.9. The Bertz CT molecular complexity index is 1170. The third-order valence-electron chi connectivity index (χ3n) is 3.85. The summed E-state index contributed by atoms with van der Waals surface area (Å²) in [6.07, 6.45) is 0. The molecule has 2 amide bonds. The predicted octanol–water partition coefficient (Wildman–Crippen LogP) is 2.12. The summed E-state index contributed by atoms with van der Waals surface area (Å²) in [5.41, 5.74) is 5.37. The van der Waals surface area contributed by atoms with Gasteiger partial charge in [-0.25, -0.2) is 13.6 Å². The summed E-state index contributed by atoms with van der Waals surface area (Å²) in [5.74, 6) is -1.44. The fraction of sp³-hybridized carbons (Fsp3) is 0.0588. The highest BCUT2D eigenvalue weighted by Crippen LogP contribution is 2.24. The minimum absolute atomic E-state index is 0.00549. The fourth-order valence-electron chi connectivity index (χ4n) is 2.48. The van der Waals surface area contributed by atoms with Crippen molar-refractivity contribution in [3.05, 3.63) is 64.4 Å². The van der Waals surface area contributed by atoms with Gasteiger partial charge in [0, 0.05) is 10.9 Å². The van der Waals surface area contributed by atoms with Crippen LogP contribution in [-0.2, 0) is 10.0 Å². The molecule has 1 aromatic heterocycles. The highest BCUT2D eigenvalue weighted by Gasteiger charge is 2.20. The molecule has 3 rings (SSSR count). The highest BCUT2D eigenvalue weighted by molar-refractivity contribution is 7.89. The largest absolute Gasteiger partial charge is 0.451 e. The molecule has 1 heterocycles. The molecule has 0 unspecified atom stereocenters. The van der Waals surface area contributed by atoms with E-state index in [1.165, 1.54) is 12.1 Å². The molecule has 10 heteroatoms. The number of hydrogen-bond donors (Lipinski definition) is 3.